The topological polar surface area (TPSA) is 105 Å². The maximum absolute atomic E-state index is 11.6. The Labute approximate surface area is 110 Å². The van der Waals surface area contributed by atoms with Gasteiger partial charge in [-0.05, 0) is 25.2 Å². The number of carbonyl (C=O) groups is 3. The molecule has 2 fully saturated rings. The molecular weight excluding hydrogens is 252 g/mol. The summed E-state index contributed by atoms with van der Waals surface area (Å²) in [5, 5.41) is 13.3. The molecule has 1 aliphatic carbocycles. The van der Waals surface area contributed by atoms with Crippen molar-refractivity contribution in [2.24, 2.45) is 5.92 Å². The summed E-state index contributed by atoms with van der Waals surface area (Å²) in [5.41, 5.74) is 0. The molecule has 0 aromatic heterocycles. The highest BCUT2D eigenvalue weighted by atomic mass is 16.5. The van der Waals surface area contributed by atoms with E-state index in [9.17, 15) is 14.4 Å². The van der Waals surface area contributed by atoms with Gasteiger partial charge in [-0.3, -0.25) is 14.9 Å². The fourth-order valence-corrected chi connectivity index (χ4v) is 2.27. The van der Waals surface area contributed by atoms with Crippen molar-refractivity contribution >= 4 is 17.9 Å². The van der Waals surface area contributed by atoms with Crippen LogP contribution in [0.2, 0.25) is 0 Å². The Morgan fingerprint density at radius 3 is 2.53 bits per heavy atom. The number of hydrogen-bond acceptors (Lipinski definition) is 4. The predicted molar refractivity (Wildman–Crippen MR) is 64.4 cm³/mol. The number of imide groups is 1. The number of aliphatic carboxylic acids is 1. The lowest BCUT2D eigenvalue weighted by Gasteiger charge is -2.19. The van der Waals surface area contributed by atoms with Crippen LogP contribution < -0.4 is 10.6 Å². The third kappa shape index (κ3) is 4.20. The molecular formula is C12H18N2O5. The van der Waals surface area contributed by atoms with Crippen molar-refractivity contribution in [1.82, 2.24) is 10.6 Å². The normalized spacial score (nSPS) is 25.9. The highest BCUT2D eigenvalue weighted by Crippen LogP contribution is 2.38. The molecule has 0 bridgehead atoms. The number of amides is 3. The highest BCUT2D eigenvalue weighted by Gasteiger charge is 2.41. The fourth-order valence-electron chi connectivity index (χ4n) is 2.27. The zero-order valence-electron chi connectivity index (χ0n) is 10.6. The molecule has 3 amide bonds. The fraction of sp³-hybridized carbons (Fsp3) is 0.750. The van der Waals surface area contributed by atoms with Gasteiger partial charge in [-0.25, -0.2) is 4.79 Å². The summed E-state index contributed by atoms with van der Waals surface area (Å²) in [5.74, 6) is -1.12. The van der Waals surface area contributed by atoms with Crippen LogP contribution in [0.4, 0.5) is 4.79 Å². The van der Waals surface area contributed by atoms with E-state index < -0.39 is 17.9 Å². The maximum atomic E-state index is 11.6. The van der Waals surface area contributed by atoms with E-state index in [2.05, 4.69) is 10.6 Å². The number of hydrogen-bond donors (Lipinski definition) is 3. The van der Waals surface area contributed by atoms with E-state index in [1.165, 1.54) is 0 Å². The summed E-state index contributed by atoms with van der Waals surface area (Å²) in [6.45, 7) is 0.624. The summed E-state index contributed by atoms with van der Waals surface area (Å²) in [7, 11) is 0. The Hall–Kier alpha value is -1.63. The minimum Gasteiger partial charge on any atom is -0.481 e. The van der Waals surface area contributed by atoms with E-state index in [0.717, 1.165) is 19.3 Å². The Kier molecular flexibility index (Phi) is 4.36. The van der Waals surface area contributed by atoms with Gasteiger partial charge in [0.15, 0.2) is 0 Å². The van der Waals surface area contributed by atoms with Crippen molar-refractivity contribution in [3.8, 4) is 0 Å². The molecule has 2 atom stereocenters. The lowest BCUT2D eigenvalue weighted by molar-refractivity contribution is -0.138. The number of rotatable bonds is 5. The molecule has 0 radical (unpaired) electrons. The monoisotopic (exact) mass is 270 g/mol. The van der Waals surface area contributed by atoms with Crippen LogP contribution in [0.1, 0.15) is 32.1 Å². The second kappa shape index (κ2) is 6.01. The van der Waals surface area contributed by atoms with Gasteiger partial charge in [0, 0.05) is 13.0 Å². The van der Waals surface area contributed by atoms with Gasteiger partial charge in [-0.1, -0.05) is 0 Å². The van der Waals surface area contributed by atoms with Crippen molar-refractivity contribution in [3.63, 3.8) is 0 Å². The molecule has 7 heteroatoms. The number of carboxylic acids is 1. The summed E-state index contributed by atoms with van der Waals surface area (Å²) >= 11 is 0. The van der Waals surface area contributed by atoms with Crippen LogP contribution in [0.5, 0.6) is 0 Å². The van der Waals surface area contributed by atoms with E-state index >= 15 is 0 Å². The molecule has 1 aliphatic heterocycles. The number of carbonyl (C=O) groups excluding carboxylic acids is 2. The van der Waals surface area contributed by atoms with Crippen LogP contribution in [-0.2, 0) is 14.3 Å². The average molecular weight is 270 g/mol. The van der Waals surface area contributed by atoms with E-state index in [-0.39, 0.29) is 25.0 Å². The summed E-state index contributed by atoms with van der Waals surface area (Å²) in [4.78, 5) is 33.2. The molecule has 3 N–H and O–H groups in total. The smallest absolute Gasteiger partial charge is 0.321 e. The van der Waals surface area contributed by atoms with Gasteiger partial charge in [0.05, 0.1) is 18.6 Å². The minimum atomic E-state index is -1.06. The minimum absolute atomic E-state index is 0.0554. The van der Waals surface area contributed by atoms with Crippen molar-refractivity contribution in [3.05, 3.63) is 0 Å². The lowest BCUT2D eigenvalue weighted by atomic mass is 10.1. The summed E-state index contributed by atoms with van der Waals surface area (Å²) in [6.07, 6.45) is 2.58. The van der Waals surface area contributed by atoms with Crippen LogP contribution >= 0.6 is 0 Å². The maximum Gasteiger partial charge on any atom is 0.321 e. The molecule has 0 aromatic rings. The Morgan fingerprint density at radius 2 is 1.89 bits per heavy atom. The molecule has 0 aromatic carbocycles. The van der Waals surface area contributed by atoms with Crippen molar-refractivity contribution in [2.75, 3.05) is 6.61 Å². The Balaban J connectivity index is 1.71. The molecule has 0 spiro atoms. The molecule has 2 rings (SSSR count). The molecule has 7 nitrogen and oxygen atoms in total. The van der Waals surface area contributed by atoms with E-state index in [0.29, 0.717) is 12.5 Å². The third-order valence-electron chi connectivity index (χ3n) is 3.36. The first-order valence-corrected chi connectivity index (χ1v) is 6.50. The van der Waals surface area contributed by atoms with E-state index in [1.807, 2.05) is 0 Å². The number of urea groups is 1. The van der Waals surface area contributed by atoms with Crippen molar-refractivity contribution in [2.45, 2.75) is 44.2 Å². The van der Waals surface area contributed by atoms with E-state index in [1.54, 1.807) is 0 Å². The first kappa shape index (κ1) is 13.8. The van der Waals surface area contributed by atoms with Gasteiger partial charge in [0.1, 0.15) is 0 Å². The van der Waals surface area contributed by atoms with Gasteiger partial charge in [-0.15, -0.1) is 0 Å². The molecule has 19 heavy (non-hydrogen) atoms. The van der Waals surface area contributed by atoms with Crippen LogP contribution in [0.15, 0.2) is 0 Å². The first-order valence-electron chi connectivity index (χ1n) is 6.50. The zero-order chi connectivity index (χ0) is 13.8. The van der Waals surface area contributed by atoms with Crippen LogP contribution in [0.3, 0.4) is 0 Å². The SMILES string of the molecule is O=C(O)CCC(=O)NC(=O)NC1CCOC1C1CC1. The first-order chi connectivity index (χ1) is 9.06. The van der Waals surface area contributed by atoms with Gasteiger partial charge < -0.3 is 15.2 Å². The molecule has 1 saturated heterocycles. The molecule has 1 saturated carbocycles. The van der Waals surface area contributed by atoms with Gasteiger partial charge in [0.25, 0.3) is 0 Å². The highest BCUT2D eigenvalue weighted by molar-refractivity contribution is 5.95. The quantitative estimate of drug-likeness (QED) is 0.664. The number of carboxylic acid groups (broad SMARTS) is 1. The average Bonchev–Trinajstić information content (AvgIpc) is 3.08. The van der Waals surface area contributed by atoms with Crippen LogP contribution in [0, 0.1) is 5.92 Å². The van der Waals surface area contributed by atoms with Crippen LogP contribution in [-0.4, -0.2) is 41.8 Å². The lowest BCUT2D eigenvalue weighted by Crippen LogP contribution is -2.48. The van der Waals surface area contributed by atoms with E-state index in [4.69, 9.17) is 9.84 Å². The second-order valence-corrected chi connectivity index (χ2v) is 4.98. The molecule has 1 heterocycles. The van der Waals surface area contributed by atoms with Gasteiger partial charge in [0.2, 0.25) is 5.91 Å². The Morgan fingerprint density at radius 1 is 1.16 bits per heavy atom. The molecule has 106 valence electrons. The van der Waals surface area contributed by atoms with Crippen LogP contribution in [0.25, 0.3) is 0 Å². The molecule has 2 aliphatic rings. The summed E-state index contributed by atoms with van der Waals surface area (Å²) < 4.78 is 5.57. The third-order valence-corrected chi connectivity index (χ3v) is 3.36. The predicted octanol–water partition coefficient (Wildman–Crippen LogP) is 0.245. The summed E-state index contributed by atoms with van der Waals surface area (Å²) in [6, 6.07) is -0.628. The van der Waals surface area contributed by atoms with Gasteiger partial charge >= 0.3 is 12.0 Å². The second-order valence-electron chi connectivity index (χ2n) is 4.98. The van der Waals surface area contributed by atoms with Crippen molar-refractivity contribution < 1.29 is 24.2 Å². The Bertz CT molecular complexity index is 380. The van der Waals surface area contributed by atoms with Gasteiger partial charge in [-0.2, -0.15) is 0 Å². The number of ether oxygens (including phenoxy) is 1. The van der Waals surface area contributed by atoms with Crippen molar-refractivity contribution in [1.29, 1.82) is 0 Å². The largest absolute Gasteiger partial charge is 0.481 e. The molecule has 2 unspecified atom stereocenters. The zero-order valence-corrected chi connectivity index (χ0v) is 10.6. The standard InChI is InChI=1S/C12H18N2O5/c15-9(3-4-10(16)17)14-12(18)13-8-5-6-19-11(8)7-1-2-7/h7-8,11H,1-6H2,(H,16,17)(H2,13,14,15,18). The number of nitrogens with one attached hydrogen (secondary N) is 2.